The topological polar surface area (TPSA) is 0 Å². The fraction of sp³-hybridized carbons (Fsp3) is 0.0667. The highest BCUT2D eigenvalue weighted by atomic mass is 127. The summed E-state index contributed by atoms with van der Waals surface area (Å²) in [7, 11) is 0. The van der Waals surface area contributed by atoms with E-state index in [2.05, 4.69) is 78.0 Å². The van der Waals surface area contributed by atoms with Gasteiger partial charge >= 0.3 is 0 Å². The molecule has 3 aromatic rings. The molecule has 3 aromatic carbocycles. The largest absolute Gasteiger partial charge is 0.0614 e. The molecule has 0 nitrogen and oxygen atoms in total. The molecule has 0 amide bonds. The van der Waals surface area contributed by atoms with Gasteiger partial charge in [0.1, 0.15) is 0 Å². The molecule has 78 valence electrons. The van der Waals surface area contributed by atoms with Crippen LogP contribution in [0.3, 0.4) is 0 Å². The van der Waals surface area contributed by atoms with Crippen molar-refractivity contribution in [3.8, 4) is 0 Å². The lowest BCUT2D eigenvalue weighted by molar-refractivity contribution is 1.54. The van der Waals surface area contributed by atoms with Crippen molar-refractivity contribution >= 4 is 44.1 Å². The molecule has 0 unspecified atom stereocenters. The highest BCUT2D eigenvalue weighted by Crippen LogP contribution is 2.27. The molecule has 0 bridgehead atoms. The summed E-state index contributed by atoms with van der Waals surface area (Å²) >= 11 is 2.40. The number of halogens is 1. The summed E-state index contributed by atoms with van der Waals surface area (Å²) < 4.78 is 1.32. The first-order chi connectivity index (χ1) is 7.75. The maximum Gasteiger partial charge on any atom is 0.0209 e. The molecular weight excluding hydrogens is 307 g/mol. The minimum Gasteiger partial charge on any atom is -0.0614 e. The Morgan fingerprint density at radius 1 is 0.812 bits per heavy atom. The normalized spacial score (nSPS) is 11.1. The quantitative estimate of drug-likeness (QED) is 0.408. The van der Waals surface area contributed by atoms with Gasteiger partial charge < -0.3 is 0 Å². The third kappa shape index (κ3) is 1.50. The van der Waals surface area contributed by atoms with Gasteiger partial charge in [-0.2, -0.15) is 0 Å². The molecule has 0 aromatic heterocycles. The minimum absolute atomic E-state index is 1.32. The summed E-state index contributed by atoms with van der Waals surface area (Å²) in [6.07, 6.45) is 0. The molecule has 0 N–H and O–H groups in total. The average molecular weight is 318 g/mol. The minimum atomic E-state index is 1.32. The third-order valence-electron chi connectivity index (χ3n) is 3.04. The molecule has 1 heteroatoms. The standard InChI is InChI=1S/C15H11I/c1-10-4-2-5-11-9-14-12(8-13(10)11)6-3-7-15(14)16/h2-9H,1H3. The number of rotatable bonds is 0. The van der Waals surface area contributed by atoms with E-state index in [1.165, 1.54) is 30.7 Å². The second-order valence-electron chi connectivity index (χ2n) is 4.11. The van der Waals surface area contributed by atoms with E-state index < -0.39 is 0 Å². The molecule has 0 saturated heterocycles. The van der Waals surface area contributed by atoms with Gasteiger partial charge in [0.2, 0.25) is 0 Å². The maximum atomic E-state index is 2.40. The molecule has 0 aliphatic carbocycles. The van der Waals surface area contributed by atoms with Gasteiger partial charge in [0.05, 0.1) is 0 Å². The van der Waals surface area contributed by atoms with E-state index in [0.717, 1.165) is 0 Å². The Labute approximate surface area is 108 Å². The monoisotopic (exact) mass is 318 g/mol. The number of benzene rings is 3. The van der Waals surface area contributed by atoms with Crippen LogP contribution >= 0.6 is 22.6 Å². The highest BCUT2D eigenvalue weighted by molar-refractivity contribution is 14.1. The van der Waals surface area contributed by atoms with Crippen molar-refractivity contribution < 1.29 is 0 Å². The van der Waals surface area contributed by atoms with E-state index in [1.807, 2.05) is 0 Å². The molecule has 0 aliphatic rings. The van der Waals surface area contributed by atoms with Gasteiger partial charge in [0.25, 0.3) is 0 Å². The Morgan fingerprint density at radius 2 is 1.44 bits per heavy atom. The van der Waals surface area contributed by atoms with Gasteiger partial charge in [0.15, 0.2) is 0 Å². The SMILES string of the molecule is Cc1cccc2cc3c(I)cccc3cc12. The number of fused-ring (bicyclic) bond motifs is 2. The number of aryl methyl sites for hydroxylation is 1. The van der Waals surface area contributed by atoms with Crippen LogP contribution < -0.4 is 0 Å². The Balaban J connectivity index is 2.54. The van der Waals surface area contributed by atoms with Gasteiger partial charge in [-0.05, 0) is 74.8 Å². The molecule has 0 heterocycles. The predicted octanol–water partition coefficient (Wildman–Crippen LogP) is 4.91. The van der Waals surface area contributed by atoms with E-state index in [0.29, 0.717) is 0 Å². The maximum absolute atomic E-state index is 2.40. The lowest BCUT2D eigenvalue weighted by Crippen LogP contribution is -1.82. The third-order valence-corrected chi connectivity index (χ3v) is 3.98. The Hall–Kier alpha value is -1.09. The zero-order valence-electron chi connectivity index (χ0n) is 9.00. The fourth-order valence-corrected chi connectivity index (χ4v) is 2.84. The van der Waals surface area contributed by atoms with Crippen LogP contribution in [0.2, 0.25) is 0 Å². The Kier molecular flexibility index (Phi) is 2.36. The molecule has 0 atom stereocenters. The van der Waals surface area contributed by atoms with Gasteiger partial charge in [-0.3, -0.25) is 0 Å². The fourth-order valence-electron chi connectivity index (χ4n) is 2.17. The highest BCUT2D eigenvalue weighted by Gasteiger charge is 2.02. The molecular formula is C15H11I. The van der Waals surface area contributed by atoms with Crippen LogP contribution in [-0.2, 0) is 0 Å². The van der Waals surface area contributed by atoms with Gasteiger partial charge in [-0.15, -0.1) is 0 Å². The molecule has 0 aliphatic heterocycles. The summed E-state index contributed by atoms with van der Waals surface area (Å²) in [5.74, 6) is 0. The van der Waals surface area contributed by atoms with Crippen molar-refractivity contribution in [3.05, 3.63) is 57.7 Å². The van der Waals surface area contributed by atoms with E-state index in [1.54, 1.807) is 0 Å². The summed E-state index contributed by atoms with van der Waals surface area (Å²) in [5.41, 5.74) is 1.35. The smallest absolute Gasteiger partial charge is 0.0209 e. The first-order valence-electron chi connectivity index (χ1n) is 5.33. The van der Waals surface area contributed by atoms with E-state index in [4.69, 9.17) is 0 Å². The average Bonchev–Trinajstić information content (AvgIpc) is 2.29. The van der Waals surface area contributed by atoms with Crippen LogP contribution in [0.4, 0.5) is 0 Å². The molecule has 0 radical (unpaired) electrons. The number of hydrogen-bond donors (Lipinski definition) is 0. The van der Waals surface area contributed by atoms with Crippen molar-refractivity contribution in [1.82, 2.24) is 0 Å². The van der Waals surface area contributed by atoms with Gasteiger partial charge in [0, 0.05) is 3.57 Å². The van der Waals surface area contributed by atoms with Crippen LogP contribution in [0.25, 0.3) is 21.5 Å². The van der Waals surface area contributed by atoms with Crippen LogP contribution in [0.15, 0.2) is 48.5 Å². The zero-order valence-corrected chi connectivity index (χ0v) is 11.2. The molecule has 3 rings (SSSR count). The number of hydrogen-bond acceptors (Lipinski definition) is 0. The van der Waals surface area contributed by atoms with Crippen LogP contribution in [0.5, 0.6) is 0 Å². The van der Waals surface area contributed by atoms with Crippen molar-refractivity contribution in [3.63, 3.8) is 0 Å². The molecule has 16 heavy (non-hydrogen) atoms. The van der Waals surface area contributed by atoms with E-state index in [-0.39, 0.29) is 0 Å². The van der Waals surface area contributed by atoms with Crippen molar-refractivity contribution in [2.45, 2.75) is 6.92 Å². The van der Waals surface area contributed by atoms with Gasteiger partial charge in [-0.25, -0.2) is 0 Å². The summed E-state index contributed by atoms with van der Waals surface area (Å²) in [5, 5.41) is 5.36. The second kappa shape index (κ2) is 3.74. The Bertz CT molecular complexity index is 622. The van der Waals surface area contributed by atoms with Crippen molar-refractivity contribution in [2.75, 3.05) is 0 Å². The predicted molar refractivity (Wildman–Crippen MR) is 78.9 cm³/mol. The summed E-state index contributed by atoms with van der Waals surface area (Å²) in [6, 6.07) is 17.5. The second-order valence-corrected chi connectivity index (χ2v) is 5.27. The summed E-state index contributed by atoms with van der Waals surface area (Å²) in [4.78, 5) is 0. The van der Waals surface area contributed by atoms with Crippen molar-refractivity contribution in [1.29, 1.82) is 0 Å². The molecule has 0 spiro atoms. The van der Waals surface area contributed by atoms with Crippen LogP contribution in [-0.4, -0.2) is 0 Å². The molecule has 0 fully saturated rings. The Morgan fingerprint density at radius 3 is 2.25 bits per heavy atom. The van der Waals surface area contributed by atoms with E-state index >= 15 is 0 Å². The lowest BCUT2D eigenvalue weighted by atomic mass is 10.0. The lowest BCUT2D eigenvalue weighted by Gasteiger charge is -2.06. The van der Waals surface area contributed by atoms with Crippen LogP contribution in [0.1, 0.15) is 5.56 Å². The van der Waals surface area contributed by atoms with Gasteiger partial charge in [-0.1, -0.05) is 30.3 Å². The molecule has 0 saturated carbocycles. The van der Waals surface area contributed by atoms with Crippen LogP contribution in [0, 0.1) is 10.5 Å². The zero-order chi connectivity index (χ0) is 11.1. The first kappa shape index (κ1) is 10.1. The van der Waals surface area contributed by atoms with Crippen molar-refractivity contribution in [2.24, 2.45) is 0 Å². The summed E-state index contributed by atoms with van der Waals surface area (Å²) in [6.45, 7) is 2.17. The first-order valence-corrected chi connectivity index (χ1v) is 6.41. The van der Waals surface area contributed by atoms with E-state index in [9.17, 15) is 0 Å².